The molecule has 2 atom stereocenters. The Kier molecular flexibility index (Phi) is 5.59. The van der Waals surface area contributed by atoms with E-state index >= 15 is 0 Å². The number of hydrogen-bond donors (Lipinski definition) is 1. The van der Waals surface area contributed by atoms with Gasteiger partial charge in [0.1, 0.15) is 0 Å². The molecule has 2 unspecified atom stereocenters. The van der Waals surface area contributed by atoms with Crippen LogP contribution in [0.2, 0.25) is 0 Å². The summed E-state index contributed by atoms with van der Waals surface area (Å²) in [7, 11) is 1.62. The van der Waals surface area contributed by atoms with Crippen molar-refractivity contribution >= 4 is 34.7 Å². The number of thioether (sulfide) groups is 1. The van der Waals surface area contributed by atoms with E-state index in [1.165, 1.54) is 16.7 Å². The molecule has 0 bridgehead atoms. The number of amidine groups is 1. The maximum atomic E-state index is 12.6. The van der Waals surface area contributed by atoms with Crippen LogP contribution >= 0.6 is 11.8 Å². The number of carbonyl (C=O) groups excluding carboxylic acids is 3. The number of nitrogens with one attached hydrogen (secondary N) is 1. The first kappa shape index (κ1) is 20.2. The number of likely N-dealkylation sites (N-methyl/N-ethyl adjacent to an activating group) is 1. The Morgan fingerprint density at radius 2 is 1.80 bits per heavy atom. The van der Waals surface area contributed by atoms with E-state index in [9.17, 15) is 14.4 Å². The van der Waals surface area contributed by atoms with Gasteiger partial charge in [-0.3, -0.25) is 14.9 Å². The molecular formula is C22H22N4O3S. The summed E-state index contributed by atoms with van der Waals surface area (Å²) in [5, 5.41) is 2.98. The summed E-state index contributed by atoms with van der Waals surface area (Å²) in [5.74, 6) is -0.183. The Labute approximate surface area is 179 Å². The lowest BCUT2D eigenvalue weighted by Gasteiger charge is -2.36. The maximum Gasteiger partial charge on any atom is 0.325 e. The van der Waals surface area contributed by atoms with Crippen molar-refractivity contribution in [2.45, 2.75) is 25.7 Å². The summed E-state index contributed by atoms with van der Waals surface area (Å²) in [6, 6.07) is 16.0. The number of imide groups is 1. The molecule has 2 aliphatic heterocycles. The number of rotatable bonds is 5. The lowest BCUT2D eigenvalue weighted by molar-refractivity contribution is -0.127. The summed E-state index contributed by atoms with van der Waals surface area (Å²) in [6.07, 6.45) is -0.606. The SMILES string of the molecule is Cc1ccc(CN2C(SCC(=O)c3ccccc3)=NC3C2C(=O)NC(=O)N3C)cc1. The van der Waals surface area contributed by atoms with E-state index in [-0.39, 0.29) is 17.4 Å². The first-order chi connectivity index (χ1) is 14.4. The van der Waals surface area contributed by atoms with Crippen LogP contribution in [0.1, 0.15) is 21.5 Å². The first-order valence-corrected chi connectivity index (χ1v) is 10.6. The van der Waals surface area contributed by atoms with E-state index in [0.29, 0.717) is 17.3 Å². The highest BCUT2D eigenvalue weighted by molar-refractivity contribution is 8.14. The van der Waals surface area contributed by atoms with Gasteiger partial charge in [0, 0.05) is 19.2 Å². The second kappa shape index (κ2) is 8.31. The summed E-state index contributed by atoms with van der Waals surface area (Å²) in [4.78, 5) is 45.2. The zero-order valence-electron chi connectivity index (χ0n) is 16.7. The minimum absolute atomic E-state index is 0.0117. The third kappa shape index (κ3) is 3.95. The molecule has 2 aromatic rings. The Hall–Kier alpha value is -3.13. The molecule has 0 saturated carbocycles. The third-order valence-electron chi connectivity index (χ3n) is 5.22. The van der Waals surface area contributed by atoms with Crippen LogP contribution in [0.25, 0.3) is 0 Å². The molecule has 3 amide bonds. The summed E-state index contributed by atoms with van der Waals surface area (Å²) in [5.41, 5.74) is 2.81. The molecule has 30 heavy (non-hydrogen) atoms. The van der Waals surface area contributed by atoms with Crippen LogP contribution in [-0.2, 0) is 11.3 Å². The van der Waals surface area contributed by atoms with Gasteiger partial charge in [0.25, 0.3) is 5.91 Å². The van der Waals surface area contributed by atoms with Crippen LogP contribution in [0.3, 0.4) is 0 Å². The van der Waals surface area contributed by atoms with E-state index in [0.717, 1.165) is 11.1 Å². The van der Waals surface area contributed by atoms with Crippen molar-refractivity contribution in [1.82, 2.24) is 15.1 Å². The van der Waals surface area contributed by atoms with Gasteiger partial charge in [0.05, 0.1) is 5.75 Å². The van der Waals surface area contributed by atoms with E-state index in [2.05, 4.69) is 10.3 Å². The normalized spacial score (nSPS) is 20.7. The monoisotopic (exact) mass is 422 g/mol. The Morgan fingerprint density at radius 3 is 2.50 bits per heavy atom. The molecule has 2 heterocycles. The fourth-order valence-electron chi connectivity index (χ4n) is 3.51. The van der Waals surface area contributed by atoms with Crippen LogP contribution in [0.5, 0.6) is 0 Å². The highest BCUT2D eigenvalue weighted by atomic mass is 32.2. The van der Waals surface area contributed by atoms with Crippen molar-refractivity contribution in [3.8, 4) is 0 Å². The Balaban J connectivity index is 1.57. The predicted molar refractivity (Wildman–Crippen MR) is 116 cm³/mol. The van der Waals surface area contributed by atoms with Gasteiger partial charge >= 0.3 is 6.03 Å². The predicted octanol–water partition coefficient (Wildman–Crippen LogP) is 2.66. The number of fused-ring (bicyclic) bond motifs is 1. The van der Waals surface area contributed by atoms with Gasteiger partial charge < -0.3 is 9.80 Å². The summed E-state index contributed by atoms with van der Waals surface area (Å²) >= 11 is 1.30. The average molecular weight is 423 g/mol. The van der Waals surface area contributed by atoms with Gasteiger partial charge in [-0.1, -0.05) is 71.9 Å². The topological polar surface area (TPSA) is 82.1 Å². The number of carbonyl (C=O) groups is 3. The fourth-order valence-corrected chi connectivity index (χ4v) is 4.47. The van der Waals surface area contributed by atoms with Crippen LogP contribution in [-0.4, -0.2) is 57.7 Å². The third-order valence-corrected chi connectivity index (χ3v) is 6.23. The van der Waals surface area contributed by atoms with Gasteiger partial charge in [0.15, 0.2) is 23.2 Å². The average Bonchev–Trinajstić information content (AvgIpc) is 3.11. The van der Waals surface area contributed by atoms with Gasteiger partial charge in [-0.15, -0.1) is 0 Å². The fraction of sp³-hybridized carbons (Fsp3) is 0.273. The molecule has 154 valence electrons. The molecular weight excluding hydrogens is 400 g/mol. The number of ketones is 1. The van der Waals surface area contributed by atoms with Crippen LogP contribution in [0.4, 0.5) is 4.79 Å². The van der Waals surface area contributed by atoms with Gasteiger partial charge in [-0.25, -0.2) is 9.79 Å². The molecule has 0 aliphatic carbocycles. The quantitative estimate of drug-likeness (QED) is 0.749. The lowest BCUT2D eigenvalue weighted by Crippen LogP contribution is -2.63. The van der Waals surface area contributed by atoms with Crippen molar-refractivity contribution in [2.24, 2.45) is 4.99 Å². The maximum absolute atomic E-state index is 12.6. The molecule has 1 saturated heterocycles. The molecule has 0 radical (unpaired) electrons. The molecule has 0 spiro atoms. The van der Waals surface area contributed by atoms with Gasteiger partial charge in [-0.2, -0.15) is 0 Å². The van der Waals surface area contributed by atoms with E-state index in [1.54, 1.807) is 19.2 Å². The molecule has 1 N–H and O–H groups in total. The van der Waals surface area contributed by atoms with Gasteiger partial charge in [0.2, 0.25) is 0 Å². The van der Waals surface area contributed by atoms with Crippen LogP contribution < -0.4 is 5.32 Å². The highest BCUT2D eigenvalue weighted by Crippen LogP contribution is 2.30. The molecule has 0 aromatic heterocycles. The van der Waals surface area contributed by atoms with Crippen molar-refractivity contribution < 1.29 is 14.4 Å². The zero-order valence-corrected chi connectivity index (χ0v) is 17.6. The molecule has 7 nitrogen and oxygen atoms in total. The second-order valence-electron chi connectivity index (χ2n) is 7.37. The Bertz CT molecular complexity index is 1010. The number of aliphatic imine (C=N–C) groups is 1. The van der Waals surface area contributed by atoms with Crippen molar-refractivity contribution in [3.05, 3.63) is 71.3 Å². The van der Waals surface area contributed by atoms with Crippen LogP contribution in [0, 0.1) is 6.92 Å². The lowest BCUT2D eigenvalue weighted by atomic mass is 10.1. The standard InChI is InChI=1S/C22H22N4O3S/c1-14-8-10-15(11-9-14)12-26-18-19(25(2)21(29)24-20(18)28)23-22(26)30-13-17(27)16-6-4-3-5-7-16/h3-11,18-19H,12-13H2,1-2H3,(H,24,28,29). The largest absolute Gasteiger partial charge is 0.331 e. The second-order valence-corrected chi connectivity index (χ2v) is 8.31. The first-order valence-electron chi connectivity index (χ1n) is 9.63. The van der Waals surface area contributed by atoms with E-state index in [4.69, 9.17) is 0 Å². The minimum Gasteiger partial charge on any atom is -0.331 e. The number of hydrogen-bond acceptors (Lipinski definition) is 6. The minimum atomic E-state index is -0.622. The molecule has 4 rings (SSSR count). The smallest absolute Gasteiger partial charge is 0.325 e. The van der Waals surface area contributed by atoms with Crippen molar-refractivity contribution in [1.29, 1.82) is 0 Å². The molecule has 8 heteroatoms. The molecule has 2 aliphatic rings. The number of aryl methyl sites for hydroxylation is 1. The number of benzene rings is 2. The summed E-state index contributed by atoms with van der Waals surface area (Å²) in [6.45, 7) is 2.48. The summed E-state index contributed by atoms with van der Waals surface area (Å²) < 4.78 is 0. The van der Waals surface area contributed by atoms with Crippen LogP contribution in [0.15, 0.2) is 59.6 Å². The highest BCUT2D eigenvalue weighted by Gasteiger charge is 2.48. The van der Waals surface area contributed by atoms with E-state index in [1.807, 2.05) is 54.3 Å². The number of nitrogens with zero attached hydrogens (tertiary/aromatic N) is 3. The van der Waals surface area contributed by atoms with Crippen molar-refractivity contribution in [2.75, 3.05) is 12.8 Å². The number of urea groups is 1. The number of amides is 3. The number of Topliss-reactive ketones (excluding diaryl/α,β-unsaturated/α-hetero) is 1. The molecule has 2 aromatic carbocycles. The van der Waals surface area contributed by atoms with E-state index < -0.39 is 18.2 Å². The Morgan fingerprint density at radius 1 is 1.10 bits per heavy atom. The molecule has 1 fully saturated rings. The van der Waals surface area contributed by atoms with Gasteiger partial charge in [-0.05, 0) is 12.5 Å². The van der Waals surface area contributed by atoms with Crippen molar-refractivity contribution in [3.63, 3.8) is 0 Å². The zero-order chi connectivity index (χ0) is 21.3.